The third kappa shape index (κ3) is 2.78. The molecular weight excluding hydrogens is 164 g/mol. The van der Waals surface area contributed by atoms with E-state index in [-0.39, 0.29) is 5.88 Å². The normalized spacial score (nSPS) is 12.5. The van der Waals surface area contributed by atoms with E-state index in [1.54, 1.807) is 12.1 Å². The molecule has 0 aliphatic heterocycles. The minimum atomic E-state index is -0.918. The number of benzene rings is 1. The Kier molecular flexibility index (Phi) is 3.20. The molecule has 1 atom stereocenters. The zero-order valence-corrected chi connectivity index (χ0v) is 6.66. The second-order valence-electron chi connectivity index (χ2n) is 2.04. The lowest BCUT2D eigenvalue weighted by atomic mass is 10.3. The Balaban J connectivity index is 2.51. The summed E-state index contributed by atoms with van der Waals surface area (Å²) in [5.41, 5.74) is 0. The topological polar surface area (TPSA) is 29.5 Å². The van der Waals surface area contributed by atoms with Gasteiger partial charge >= 0.3 is 0 Å². The van der Waals surface area contributed by atoms with Gasteiger partial charge in [0.15, 0.2) is 0 Å². The van der Waals surface area contributed by atoms with E-state index in [0.29, 0.717) is 5.75 Å². The van der Waals surface area contributed by atoms with Gasteiger partial charge in [-0.3, -0.25) is 0 Å². The number of aliphatic hydroxyl groups excluding tert-OH is 1. The Labute approximate surface area is 70.4 Å². The smallest absolute Gasteiger partial charge is 0.211 e. The van der Waals surface area contributed by atoms with Gasteiger partial charge in [-0.2, -0.15) is 0 Å². The van der Waals surface area contributed by atoms with E-state index in [2.05, 4.69) is 0 Å². The van der Waals surface area contributed by atoms with Crippen LogP contribution in [0.3, 0.4) is 0 Å². The Morgan fingerprint density at radius 3 is 2.55 bits per heavy atom. The lowest BCUT2D eigenvalue weighted by Gasteiger charge is -2.09. The van der Waals surface area contributed by atoms with E-state index < -0.39 is 6.29 Å². The van der Waals surface area contributed by atoms with Crippen molar-refractivity contribution < 1.29 is 9.84 Å². The number of hydrogen-bond donors (Lipinski definition) is 1. The van der Waals surface area contributed by atoms with Gasteiger partial charge in [0.1, 0.15) is 5.75 Å². The second kappa shape index (κ2) is 4.21. The first-order chi connectivity index (χ1) is 5.33. The quantitative estimate of drug-likeness (QED) is 0.555. The molecule has 1 aromatic rings. The standard InChI is InChI=1S/C8H9ClO2/c9-6-8(10)11-7-4-2-1-3-5-7/h1-5,8,10H,6H2/t8-/m1/s1. The molecule has 0 amide bonds. The summed E-state index contributed by atoms with van der Waals surface area (Å²) >= 11 is 5.33. The first-order valence-electron chi connectivity index (χ1n) is 3.28. The van der Waals surface area contributed by atoms with Crippen molar-refractivity contribution in [3.63, 3.8) is 0 Å². The van der Waals surface area contributed by atoms with Gasteiger partial charge in [0.05, 0.1) is 5.88 Å². The molecule has 0 aromatic heterocycles. The molecule has 1 rings (SSSR count). The van der Waals surface area contributed by atoms with Crippen molar-refractivity contribution in [3.8, 4) is 5.75 Å². The van der Waals surface area contributed by atoms with Gasteiger partial charge in [-0.1, -0.05) is 18.2 Å². The number of hydrogen-bond acceptors (Lipinski definition) is 2. The third-order valence-electron chi connectivity index (χ3n) is 1.15. The molecule has 0 saturated carbocycles. The van der Waals surface area contributed by atoms with Crippen LogP contribution in [0.4, 0.5) is 0 Å². The van der Waals surface area contributed by atoms with Crippen molar-refractivity contribution in [1.29, 1.82) is 0 Å². The molecule has 60 valence electrons. The molecular formula is C8H9ClO2. The van der Waals surface area contributed by atoms with Crippen LogP contribution in [-0.4, -0.2) is 17.3 Å². The largest absolute Gasteiger partial charge is 0.464 e. The van der Waals surface area contributed by atoms with Gasteiger partial charge in [-0.25, -0.2) is 0 Å². The van der Waals surface area contributed by atoms with Crippen LogP contribution in [-0.2, 0) is 0 Å². The molecule has 0 aliphatic carbocycles. The molecule has 0 unspecified atom stereocenters. The van der Waals surface area contributed by atoms with Crippen molar-refractivity contribution in [2.75, 3.05) is 5.88 Å². The van der Waals surface area contributed by atoms with Crippen LogP contribution in [0.15, 0.2) is 30.3 Å². The summed E-state index contributed by atoms with van der Waals surface area (Å²) in [6, 6.07) is 9.05. The SMILES string of the molecule is O[C@@H](CCl)Oc1ccccc1. The highest BCUT2D eigenvalue weighted by Crippen LogP contribution is 2.09. The minimum Gasteiger partial charge on any atom is -0.464 e. The van der Waals surface area contributed by atoms with E-state index in [4.69, 9.17) is 21.4 Å². The summed E-state index contributed by atoms with van der Waals surface area (Å²) in [7, 11) is 0. The number of rotatable bonds is 3. The van der Waals surface area contributed by atoms with Gasteiger partial charge < -0.3 is 9.84 Å². The fourth-order valence-electron chi connectivity index (χ4n) is 0.688. The summed E-state index contributed by atoms with van der Waals surface area (Å²) in [5.74, 6) is 0.704. The van der Waals surface area contributed by atoms with Gasteiger partial charge in [0, 0.05) is 0 Å². The molecule has 0 radical (unpaired) electrons. The number of halogens is 1. The van der Waals surface area contributed by atoms with Crippen LogP contribution in [0.25, 0.3) is 0 Å². The van der Waals surface area contributed by atoms with Gasteiger partial charge in [0.25, 0.3) is 0 Å². The number of ether oxygens (including phenoxy) is 1. The monoisotopic (exact) mass is 172 g/mol. The van der Waals surface area contributed by atoms with Crippen molar-refractivity contribution >= 4 is 11.6 Å². The maximum absolute atomic E-state index is 8.96. The van der Waals surface area contributed by atoms with Gasteiger partial charge in [0.2, 0.25) is 6.29 Å². The Morgan fingerprint density at radius 1 is 1.36 bits per heavy atom. The fraction of sp³-hybridized carbons (Fsp3) is 0.250. The predicted molar refractivity (Wildman–Crippen MR) is 43.8 cm³/mol. The summed E-state index contributed by atoms with van der Waals surface area (Å²) in [5, 5.41) is 8.96. The molecule has 1 N–H and O–H groups in total. The minimum absolute atomic E-state index is 0.0783. The lowest BCUT2D eigenvalue weighted by molar-refractivity contribution is 0.00271. The molecule has 11 heavy (non-hydrogen) atoms. The summed E-state index contributed by atoms with van der Waals surface area (Å²) in [6.45, 7) is 0. The fourth-order valence-corrected chi connectivity index (χ4v) is 0.751. The zero-order chi connectivity index (χ0) is 8.10. The lowest BCUT2D eigenvalue weighted by Crippen LogP contribution is -2.16. The number of aliphatic hydroxyl groups is 1. The summed E-state index contributed by atoms with van der Waals surface area (Å²) in [4.78, 5) is 0. The predicted octanol–water partition coefficient (Wildman–Crippen LogP) is 1.62. The average Bonchev–Trinajstić information content (AvgIpc) is 2.06. The van der Waals surface area contributed by atoms with E-state index >= 15 is 0 Å². The Bertz CT molecular complexity index is 201. The summed E-state index contributed by atoms with van der Waals surface area (Å²) in [6.07, 6.45) is -0.918. The molecule has 0 spiro atoms. The molecule has 1 aromatic carbocycles. The van der Waals surface area contributed by atoms with Crippen LogP contribution >= 0.6 is 11.6 Å². The number of para-hydroxylation sites is 1. The highest BCUT2D eigenvalue weighted by molar-refractivity contribution is 6.18. The maximum atomic E-state index is 8.96. The van der Waals surface area contributed by atoms with Crippen LogP contribution in [0, 0.1) is 0 Å². The van der Waals surface area contributed by atoms with Crippen molar-refractivity contribution in [2.24, 2.45) is 0 Å². The van der Waals surface area contributed by atoms with Crippen molar-refractivity contribution in [2.45, 2.75) is 6.29 Å². The molecule has 0 bridgehead atoms. The molecule has 0 saturated heterocycles. The first kappa shape index (κ1) is 8.37. The third-order valence-corrected chi connectivity index (χ3v) is 1.41. The average molecular weight is 173 g/mol. The number of alkyl halides is 1. The highest BCUT2D eigenvalue weighted by Gasteiger charge is 2.01. The van der Waals surface area contributed by atoms with Crippen LogP contribution in [0.5, 0.6) is 5.75 Å². The van der Waals surface area contributed by atoms with E-state index in [0.717, 1.165) is 0 Å². The molecule has 0 heterocycles. The second-order valence-corrected chi connectivity index (χ2v) is 2.35. The van der Waals surface area contributed by atoms with Crippen LogP contribution < -0.4 is 4.74 Å². The van der Waals surface area contributed by atoms with Gasteiger partial charge in [-0.15, -0.1) is 11.6 Å². The van der Waals surface area contributed by atoms with Crippen LogP contribution in [0.1, 0.15) is 0 Å². The summed E-state index contributed by atoms with van der Waals surface area (Å²) < 4.78 is 4.99. The molecule has 0 fully saturated rings. The highest BCUT2D eigenvalue weighted by atomic mass is 35.5. The van der Waals surface area contributed by atoms with Gasteiger partial charge in [-0.05, 0) is 12.1 Å². The van der Waals surface area contributed by atoms with Crippen molar-refractivity contribution in [3.05, 3.63) is 30.3 Å². The van der Waals surface area contributed by atoms with E-state index in [1.807, 2.05) is 18.2 Å². The Hall–Kier alpha value is -0.730. The van der Waals surface area contributed by atoms with E-state index in [9.17, 15) is 0 Å². The zero-order valence-electron chi connectivity index (χ0n) is 5.90. The maximum Gasteiger partial charge on any atom is 0.211 e. The first-order valence-corrected chi connectivity index (χ1v) is 3.82. The molecule has 2 nitrogen and oxygen atoms in total. The van der Waals surface area contributed by atoms with Crippen molar-refractivity contribution in [1.82, 2.24) is 0 Å². The van der Waals surface area contributed by atoms with E-state index in [1.165, 1.54) is 0 Å². The molecule has 0 aliphatic rings. The Morgan fingerprint density at radius 2 is 2.00 bits per heavy atom. The van der Waals surface area contributed by atoms with Crippen LogP contribution in [0.2, 0.25) is 0 Å². The molecule has 3 heteroatoms.